The molecule has 1 aromatic heterocycles. The van der Waals surface area contributed by atoms with Crippen LogP contribution in [0, 0.1) is 0 Å². The Bertz CT molecular complexity index is 441. The summed E-state index contributed by atoms with van der Waals surface area (Å²) in [5, 5.41) is 0. The van der Waals surface area contributed by atoms with E-state index in [-0.39, 0.29) is 12.1 Å². The SMILES string of the molecule is CCC(C)(C)N(C)c1nc(C(F)(F)F)ccc1CN. The van der Waals surface area contributed by atoms with Crippen molar-refractivity contribution < 1.29 is 13.2 Å². The largest absolute Gasteiger partial charge is 0.433 e. The van der Waals surface area contributed by atoms with Gasteiger partial charge in [-0.3, -0.25) is 0 Å². The highest BCUT2D eigenvalue weighted by Crippen LogP contribution is 2.32. The molecule has 1 rings (SSSR count). The summed E-state index contributed by atoms with van der Waals surface area (Å²) >= 11 is 0. The molecule has 0 saturated heterocycles. The van der Waals surface area contributed by atoms with E-state index in [2.05, 4.69) is 4.98 Å². The van der Waals surface area contributed by atoms with Gasteiger partial charge in [0.15, 0.2) is 0 Å². The summed E-state index contributed by atoms with van der Waals surface area (Å²) in [6, 6.07) is 2.37. The van der Waals surface area contributed by atoms with Crippen LogP contribution in [0.3, 0.4) is 0 Å². The molecule has 19 heavy (non-hydrogen) atoms. The van der Waals surface area contributed by atoms with Gasteiger partial charge in [0.1, 0.15) is 11.5 Å². The minimum absolute atomic E-state index is 0.157. The highest BCUT2D eigenvalue weighted by Gasteiger charge is 2.34. The molecule has 0 aliphatic carbocycles. The van der Waals surface area contributed by atoms with E-state index in [1.807, 2.05) is 20.8 Å². The summed E-state index contributed by atoms with van der Waals surface area (Å²) in [6.45, 7) is 6.04. The van der Waals surface area contributed by atoms with E-state index in [9.17, 15) is 13.2 Å². The molecule has 0 aromatic carbocycles. The Hall–Kier alpha value is -1.30. The lowest BCUT2D eigenvalue weighted by atomic mass is 9.99. The van der Waals surface area contributed by atoms with Crippen molar-refractivity contribution in [3.63, 3.8) is 0 Å². The zero-order valence-corrected chi connectivity index (χ0v) is 11.7. The minimum Gasteiger partial charge on any atom is -0.354 e. The number of anilines is 1. The van der Waals surface area contributed by atoms with Gasteiger partial charge in [0.25, 0.3) is 0 Å². The van der Waals surface area contributed by atoms with Gasteiger partial charge in [-0.1, -0.05) is 13.0 Å². The van der Waals surface area contributed by atoms with Crippen LogP contribution in [0.2, 0.25) is 0 Å². The third kappa shape index (κ3) is 3.37. The van der Waals surface area contributed by atoms with E-state index in [1.165, 1.54) is 6.07 Å². The Balaban J connectivity index is 3.31. The van der Waals surface area contributed by atoms with E-state index in [1.54, 1.807) is 11.9 Å². The maximum Gasteiger partial charge on any atom is 0.433 e. The van der Waals surface area contributed by atoms with Crippen molar-refractivity contribution in [1.29, 1.82) is 0 Å². The number of aromatic nitrogens is 1. The molecule has 0 aliphatic heterocycles. The van der Waals surface area contributed by atoms with Gasteiger partial charge in [-0.25, -0.2) is 4.98 Å². The van der Waals surface area contributed by atoms with Gasteiger partial charge in [-0.2, -0.15) is 13.2 Å². The predicted molar refractivity (Wildman–Crippen MR) is 69.9 cm³/mol. The average molecular weight is 275 g/mol. The molecule has 0 atom stereocenters. The fourth-order valence-electron chi connectivity index (χ4n) is 1.61. The van der Waals surface area contributed by atoms with Crippen molar-refractivity contribution in [2.45, 2.75) is 45.5 Å². The second-order valence-electron chi connectivity index (χ2n) is 5.11. The van der Waals surface area contributed by atoms with Crippen LogP contribution in [0.4, 0.5) is 19.0 Å². The first kappa shape index (κ1) is 15.8. The van der Waals surface area contributed by atoms with Crippen molar-refractivity contribution in [2.24, 2.45) is 5.73 Å². The van der Waals surface area contributed by atoms with Gasteiger partial charge in [-0.05, 0) is 26.3 Å². The molecule has 0 bridgehead atoms. The second-order valence-corrected chi connectivity index (χ2v) is 5.11. The summed E-state index contributed by atoms with van der Waals surface area (Å²) in [5.41, 5.74) is 5.01. The molecule has 108 valence electrons. The van der Waals surface area contributed by atoms with Gasteiger partial charge in [0.2, 0.25) is 0 Å². The van der Waals surface area contributed by atoms with Crippen molar-refractivity contribution >= 4 is 5.82 Å². The lowest BCUT2D eigenvalue weighted by Gasteiger charge is -2.37. The Morgan fingerprint density at radius 3 is 2.26 bits per heavy atom. The normalized spacial score (nSPS) is 12.6. The molecule has 6 heteroatoms. The topological polar surface area (TPSA) is 42.2 Å². The Labute approximate surface area is 111 Å². The molecule has 0 aliphatic rings. The van der Waals surface area contributed by atoms with Crippen LogP contribution in [0.1, 0.15) is 38.4 Å². The number of hydrogen-bond donors (Lipinski definition) is 1. The van der Waals surface area contributed by atoms with Crippen LogP contribution in [0.15, 0.2) is 12.1 Å². The first-order valence-corrected chi connectivity index (χ1v) is 6.14. The fraction of sp³-hybridized carbons (Fsp3) is 0.615. The number of alkyl halides is 3. The van der Waals surface area contributed by atoms with Crippen LogP contribution < -0.4 is 10.6 Å². The lowest BCUT2D eigenvalue weighted by molar-refractivity contribution is -0.141. The van der Waals surface area contributed by atoms with Gasteiger partial charge in [0.05, 0.1) is 0 Å². The molecule has 0 radical (unpaired) electrons. The summed E-state index contributed by atoms with van der Waals surface area (Å²) in [4.78, 5) is 5.50. The Kier molecular flexibility index (Phi) is 4.45. The lowest BCUT2D eigenvalue weighted by Crippen LogP contribution is -2.42. The standard InChI is InChI=1S/C13H20F3N3/c1-5-12(2,3)19(4)11-9(8-17)6-7-10(18-11)13(14,15)16/h6-7H,5,8,17H2,1-4H3. The number of pyridine rings is 1. The maximum absolute atomic E-state index is 12.7. The molecule has 0 unspecified atom stereocenters. The van der Waals surface area contributed by atoms with Gasteiger partial charge in [-0.15, -0.1) is 0 Å². The van der Waals surface area contributed by atoms with Crippen LogP contribution in [-0.4, -0.2) is 17.6 Å². The van der Waals surface area contributed by atoms with E-state index in [0.29, 0.717) is 11.4 Å². The third-order valence-corrected chi connectivity index (χ3v) is 3.56. The van der Waals surface area contributed by atoms with Crippen LogP contribution in [0.5, 0.6) is 0 Å². The number of hydrogen-bond acceptors (Lipinski definition) is 3. The zero-order valence-electron chi connectivity index (χ0n) is 11.7. The molecular weight excluding hydrogens is 255 g/mol. The number of rotatable bonds is 4. The van der Waals surface area contributed by atoms with Crippen molar-refractivity contribution in [1.82, 2.24) is 4.98 Å². The highest BCUT2D eigenvalue weighted by atomic mass is 19.4. The summed E-state index contributed by atoms with van der Waals surface area (Å²) in [5.74, 6) is 0.296. The van der Waals surface area contributed by atoms with Crippen LogP contribution in [-0.2, 0) is 12.7 Å². The van der Waals surface area contributed by atoms with Crippen molar-refractivity contribution in [3.05, 3.63) is 23.4 Å². The molecular formula is C13H20F3N3. The van der Waals surface area contributed by atoms with E-state index < -0.39 is 11.9 Å². The maximum atomic E-state index is 12.7. The van der Waals surface area contributed by atoms with Gasteiger partial charge in [0, 0.05) is 24.7 Å². The number of nitrogens with zero attached hydrogens (tertiary/aromatic N) is 2. The summed E-state index contributed by atoms with van der Waals surface area (Å²) in [6.07, 6.45) is -3.66. The second kappa shape index (κ2) is 5.36. The van der Waals surface area contributed by atoms with Crippen LogP contribution in [0.25, 0.3) is 0 Å². The van der Waals surface area contributed by atoms with Crippen LogP contribution >= 0.6 is 0 Å². The quantitative estimate of drug-likeness (QED) is 0.917. The minimum atomic E-state index is -4.45. The molecule has 3 nitrogen and oxygen atoms in total. The molecule has 0 spiro atoms. The molecule has 0 fully saturated rings. The van der Waals surface area contributed by atoms with E-state index >= 15 is 0 Å². The Morgan fingerprint density at radius 1 is 1.26 bits per heavy atom. The number of halogens is 3. The summed E-state index contributed by atoms with van der Waals surface area (Å²) < 4.78 is 38.2. The van der Waals surface area contributed by atoms with E-state index in [0.717, 1.165) is 12.5 Å². The average Bonchev–Trinajstić information content (AvgIpc) is 2.35. The monoisotopic (exact) mass is 275 g/mol. The van der Waals surface area contributed by atoms with E-state index in [4.69, 9.17) is 5.73 Å². The van der Waals surface area contributed by atoms with Gasteiger partial charge < -0.3 is 10.6 Å². The summed E-state index contributed by atoms with van der Waals surface area (Å²) in [7, 11) is 1.74. The molecule has 1 heterocycles. The smallest absolute Gasteiger partial charge is 0.354 e. The third-order valence-electron chi connectivity index (χ3n) is 3.56. The zero-order chi connectivity index (χ0) is 14.8. The first-order chi connectivity index (χ1) is 8.63. The molecule has 0 saturated carbocycles. The fourth-order valence-corrected chi connectivity index (χ4v) is 1.61. The highest BCUT2D eigenvalue weighted by molar-refractivity contribution is 5.49. The first-order valence-electron chi connectivity index (χ1n) is 6.14. The Morgan fingerprint density at radius 2 is 1.84 bits per heavy atom. The van der Waals surface area contributed by atoms with Gasteiger partial charge >= 0.3 is 6.18 Å². The number of nitrogens with two attached hydrogens (primary N) is 1. The van der Waals surface area contributed by atoms with Crippen molar-refractivity contribution in [2.75, 3.05) is 11.9 Å². The predicted octanol–water partition coefficient (Wildman–Crippen LogP) is 3.18. The molecule has 2 N–H and O–H groups in total. The van der Waals surface area contributed by atoms with Crippen molar-refractivity contribution in [3.8, 4) is 0 Å². The molecule has 0 amide bonds. The molecule has 1 aromatic rings.